The first kappa shape index (κ1) is 22.8. The van der Waals surface area contributed by atoms with E-state index in [1.54, 1.807) is 13.0 Å². The molecule has 33 heavy (non-hydrogen) atoms. The molecule has 0 fully saturated rings. The van der Waals surface area contributed by atoms with Crippen LogP contribution in [0.25, 0.3) is 16.8 Å². The van der Waals surface area contributed by atoms with Crippen LogP contribution in [0.3, 0.4) is 0 Å². The molecule has 0 amide bonds. The number of aromatic nitrogens is 3. The van der Waals surface area contributed by atoms with Gasteiger partial charge in [-0.25, -0.2) is 23.7 Å². The van der Waals surface area contributed by atoms with Gasteiger partial charge in [0.05, 0.1) is 22.8 Å². The van der Waals surface area contributed by atoms with Gasteiger partial charge >= 0.3 is 6.18 Å². The number of halogens is 5. The molecule has 172 valence electrons. The minimum Gasteiger partial charge on any atom is -0.397 e. The monoisotopic (exact) mass is 461 g/mol. The minimum atomic E-state index is -4.56. The van der Waals surface area contributed by atoms with Crippen molar-refractivity contribution >= 4 is 5.70 Å². The van der Waals surface area contributed by atoms with Gasteiger partial charge in [-0.05, 0) is 48.2 Å². The number of hydrogen-bond acceptors (Lipinski definition) is 5. The second-order valence-corrected chi connectivity index (χ2v) is 7.94. The van der Waals surface area contributed by atoms with E-state index >= 15 is 0 Å². The topological polar surface area (TPSA) is 67.9 Å². The second kappa shape index (κ2) is 8.51. The zero-order valence-electron chi connectivity index (χ0n) is 17.7. The highest BCUT2D eigenvalue weighted by Gasteiger charge is 2.33. The fraction of sp³-hybridized carbons (Fsp3) is 0.261. The Bertz CT molecular complexity index is 1220. The highest BCUT2D eigenvalue weighted by Crippen LogP contribution is 2.35. The van der Waals surface area contributed by atoms with Gasteiger partial charge in [-0.1, -0.05) is 6.58 Å². The first-order chi connectivity index (χ1) is 15.5. The Morgan fingerprint density at radius 2 is 1.91 bits per heavy atom. The van der Waals surface area contributed by atoms with E-state index in [4.69, 9.17) is 5.73 Å². The fourth-order valence-electron chi connectivity index (χ4n) is 4.03. The first-order valence-electron chi connectivity index (χ1n) is 10.1. The van der Waals surface area contributed by atoms with Crippen LogP contribution in [0.1, 0.15) is 33.9 Å². The summed E-state index contributed by atoms with van der Waals surface area (Å²) in [5, 5.41) is 0. The molecule has 2 N–H and O–H groups in total. The van der Waals surface area contributed by atoms with Gasteiger partial charge in [-0.3, -0.25) is 4.90 Å². The third kappa shape index (κ3) is 4.70. The lowest BCUT2D eigenvalue weighted by Gasteiger charge is -2.30. The molecule has 0 radical (unpaired) electrons. The van der Waals surface area contributed by atoms with Crippen LogP contribution in [-0.2, 0) is 25.7 Å². The summed E-state index contributed by atoms with van der Waals surface area (Å²) in [6, 6.07) is 4.64. The molecule has 0 bridgehead atoms. The van der Waals surface area contributed by atoms with Crippen molar-refractivity contribution in [2.75, 3.05) is 6.54 Å². The molecule has 1 aromatic carbocycles. The van der Waals surface area contributed by atoms with Gasteiger partial charge < -0.3 is 5.73 Å². The molecule has 0 spiro atoms. The number of nitrogens with zero attached hydrogens (tertiary/aromatic N) is 4. The van der Waals surface area contributed by atoms with Gasteiger partial charge in [0.15, 0.2) is 0 Å². The van der Waals surface area contributed by atoms with E-state index in [1.165, 1.54) is 6.07 Å². The van der Waals surface area contributed by atoms with Crippen LogP contribution in [0, 0.1) is 18.6 Å². The van der Waals surface area contributed by atoms with Gasteiger partial charge in [0.2, 0.25) is 0 Å². The Morgan fingerprint density at radius 1 is 1.15 bits per heavy atom. The van der Waals surface area contributed by atoms with Crippen molar-refractivity contribution in [3.05, 3.63) is 82.7 Å². The first-order valence-corrected chi connectivity index (χ1v) is 10.1. The second-order valence-electron chi connectivity index (χ2n) is 7.94. The Labute approximate surface area is 186 Å². The number of hydrogen-bond donors (Lipinski definition) is 1. The van der Waals surface area contributed by atoms with E-state index in [-0.39, 0.29) is 30.0 Å². The summed E-state index contributed by atoms with van der Waals surface area (Å²) in [5.41, 5.74) is 8.25. The summed E-state index contributed by atoms with van der Waals surface area (Å²) in [5.74, 6) is -1.37. The number of aryl methyl sites for hydroxylation is 1. The lowest BCUT2D eigenvalue weighted by atomic mass is 9.90. The van der Waals surface area contributed by atoms with Crippen LogP contribution < -0.4 is 5.73 Å². The molecule has 3 heterocycles. The number of benzene rings is 1. The average molecular weight is 461 g/mol. The number of alkyl halides is 3. The molecule has 1 aliphatic heterocycles. The number of nitrogens with two attached hydrogens (primary N) is 1. The van der Waals surface area contributed by atoms with Crippen LogP contribution in [0.4, 0.5) is 22.0 Å². The molecule has 0 unspecified atom stereocenters. The van der Waals surface area contributed by atoms with E-state index in [0.29, 0.717) is 35.5 Å². The predicted octanol–water partition coefficient (Wildman–Crippen LogP) is 4.63. The van der Waals surface area contributed by atoms with Crippen molar-refractivity contribution in [3.63, 3.8) is 0 Å². The van der Waals surface area contributed by atoms with Gasteiger partial charge in [-0.15, -0.1) is 0 Å². The van der Waals surface area contributed by atoms with E-state index < -0.39 is 23.5 Å². The van der Waals surface area contributed by atoms with Gasteiger partial charge in [-0.2, -0.15) is 13.2 Å². The minimum absolute atomic E-state index is 0.153. The van der Waals surface area contributed by atoms with Crippen LogP contribution in [0.2, 0.25) is 0 Å². The summed E-state index contributed by atoms with van der Waals surface area (Å²) >= 11 is 0. The van der Waals surface area contributed by atoms with E-state index in [0.717, 1.165) is 24.0 Å². The van der Waals surface area contributed by atoms with Crippen molar-refractivity contribution in [2.24, 2.45) is 5.73 Å². The summed E-state index contributed by atoms with van der Waals surface area (Å²) in [4.78, 5) is 13.7. The van der Waals surface area contributed by atoms with E-state index in [1.807, 2.05) is 4.90 Å². The molecule has 0 aliphatic carbocycles. The van der Waals surface area contributed by atoms with Gasteiger partial charge in [0.1, 0.15) is 23.7 Å². The summed E-state index contributed by atoms with van der Waals surface area (Å²) in [6.45, 7) is 6.26. The Kier molecular flexibility index (Phi) is 5.87. The van der Waals surface area contributed by atoms with Crippen molar-refractivity contribution in [3.8, 4) is 11.1 Å². The lowest BCUT2D eigenvalue weighted by molar-refractivity contribution is -0.141. The maximum atomic E-state index is 14.8. The van der Waals surface area contributed by atoms with Crippen LogP contribution >= 0.6 is 0 Å². The Balaban J connectivity index is 1.71. The Morgan fingerprint density at radius 3 is 2.58 bits per heavy atom. The highest BCUT2D eigenvalue weighted by molar-refractivity contribution is 5.75. The molecule has 10 heteroatoms. The van der Waals surface area contributed by atoms with E-state index in [9.17, 15) is 22.0 Å². The molecule has 0 saturated heterocycles. The number of rotatable bonds is 4. The predicted molar refractivity (Wildman–Crippen MR) is 112 cm³/mol. The third-order valence-corrected chi connectivity index (χ3v) is 5.51. The van der Waals surface area contributed by atoms with Gasteiger partial charge in [0.25, 0.3) is 0 Å². The fourth-order valence-corrected chi connectivity index (χ4v) is 4.03. The maximum Gasteiger partial charge on any atom is 0.433 e. The van der Waals surface area contributed by atoms with Crippen LogP contribution in [0.15, 0.2) is 37.2 Å². The molecule has 5 nitrogen and oxygen atoms in total. The van der Waals surface area contributed by atoms with E-state index in [2.05, 4.69) is 21.5 Å². The lowest BCUT2D eigenvalue weighted by Crippen LogP contribution is -2.32. The van der Waals surface area contributed by atoms with Gasteiger partial charge in [0, 0.05) is 31.3 Å². The number of fused-ring (bicyclic) bond motifs is 1. The van der Waals surface area contributed by atoms with Crippen molar-refractivity contribution in [1.82, 2.24) is 19.9 Å². The number of pyridine rings is 1. The molecule has 1 aliphatic rings. The van der Waals surface area contributed by atoms with Crippen molar-refractivity contribution in [1.29, 1.82) is 0 Å². The molecule has 2 aromatic heterocycles. The summed E-state index contributed by atoms with van der Waals surface area (Å²) < 4.78 is 67.3. The summed E-state index contributed by atoms with van der Waals surface area (Å²) in [7, 11) is 0. The normalized spacial score (nSPS) is 14.2. The van der Waals surface area contributed by atoms with Crippen molar-refractivity contribution in [2.45, 2.75) is 32.6 Å². The zero-order valence-corrected chi connectivity index (χ0v) is 17.7. The zero-order chi connectivity index (χ0) is 23.9. The van der Waals surface area contributed by atoms with Crippen LogP contribution in [-0.4, -0.2) is 26.4 Å². The standard InChI is InChI=1S/C23H20F5N5/c1-12-5-14(24)6-18(25)22(12)17-8-19(13(2)29)32-20-10-33(4-3-16(17)20)9-15-7-21(23(26,27)28)31-11-30-15/h5-8,11H,2-4,9-10,29H2,1H3. The quantitative estimate of drug-likeness (QED) is 0.574. The van der Waals surface area contributed by atoms with Crippen LogP contribution in [0.5, 0.6) is 0 Å². The third-order valence-electron chi connectivity index (χ3n) is 5.51. The highest BCUT2D eigenvalue weighted by atomic mass is 19.4. The molecule has 4 rings (SSSR count). The average Bonchev–Trinajstić information content (AvgIpc) is 2.72. The Hall–Kier alpha value is -3.40. The maximum absolute atomic E-state index is 14.8. The summed E-state index contributed by atoms with van der Waals surface area (Å²) in [6.07, 6.45) is -3.21. The molecule has 3 aromatic rings. The van der Waals surface area contributed by atoms with Crippen molar-refractivity contribution < 1.29 is 22.0 Å². The molecular formula is C23H20F5N5. The largest absolute Gasteiger partial charge is 0.433 e. The smallest absolute Gasteiger partial charge is 0.397 e. The molecule has 0 saturated carbocycles. The SMILES string of the molecule is C=C(N)c1cc(-c2c(C)cc(F)cc2F)c2c(n1)CN(Cc1cc(C(F)(F)F)ncn1)CC2. The molecule has 0 atom stereocenters. The molecular weight excluding hydrogens is 441 g/mol.